The van der Waals surface area contributed by atoms with E-state index in [0.717, 1.165) is 12.1 Å². The third kappa shape index (κ3) is 18.1. The number of ether oxygens (including phenoxy) is 4. The molecule has 2 aromatic rings. The number of nitrogens with zero attached hydrogens (tertiary/aromatic N) is 10. The SMILES string of the molecule is C.CN(C)/C=C/c1nc(N(C)C2CCN(C(=O)OC(C)(C)C)CC2)c(F)cc1[N+](=O)[O-].COC(OC)N(C)C.Cc1nc(N(C)C2CCN(C(=O)OC(C)(C)C)CC2)c(F)cc1[N+](=O)[O-]. The van der Waals surface area contributed by atoms with Crippen LogP contribution in [0.5, 0.6) is 0 Å². The molecule has 20 nitrogen and oxygen atoms in total. The molecule has 2 amide bonds. The molecule has 0 saturated carbocycles. The molecule has 22 heteroatoms. The Bertz CT molecular complexity index is 1910. The van der Waals surface area contributed by atoms with Gasteiger partial charge in [0.05, 0.1) is 22.0 Å². The molecule has 0 spiro atoms. The van der Waals surface area contributed by atoms with E-state index in [4.69, 9.17) is 18.9 Å². The maximum absolute atomic E-state index is 14.7. The summed E-state index contributed by atoms with van der Waals surface area (Å²) in [7, 11) is 14.0. The van der Waals surface area contributed by atoms with Crippen molar-refractivity contribution in [1.29, 1.82) is 0 Å². The molecule has 4 heterocycles. The molecule has 2 aromatic heterocycles. The van der Waals surface area contributed by atoms with Gasteiger partial charge < -0.3 is 43.4 Å². The van der Waals surface area contributed by atoms with Gasteiger partial charge in [0, 0.05) is 86.9 Å². The number of nitro groups is 2. The summed E-state index contributed by atoms with van der Waals surface area (Å²) in [6, 6.07) is 1.74. The summed E-state index contributed by atoms with van der Waals surface area (Å²) in [4.78, 5) is 63.8. The summed E-state index contributed by atoms with van der Waals surface area (Å²) >= 11 is 0. The van der Waals surface area contributed by atoms with E-state index in [1.165, 1.54) is 13.0 Å². The number of aromatic nitrogens is 2. The lowest BCUT2D eigenvalue weighted by atomic mass is 10.0. The molecule has 2 saturated heterocycles. The average molecular weight is 927 g/mol. The Morgan fingerprint density at radius 1 is 0.738 bits per heavy atom. The highest BCUT2D eigenvalue weighted by atomic mass is 19.1. The summed E-state index contributed by atoms with van der Waals surface area (Å²) < 4.78 is 49.4. The van der Waals surface area contributed by atoms with E-state index < -0.39 is 32.7 Å². The zero-order chi connectivity index (χ0) is 48.9. The van der Waals surface area contributed by atoms with Gasteiger partial charge in [-0.2, -0.15) is 0 Å². The third-order valence-corrected chi connectivity index (χ3v) is 9.83. The van der Waals surface area contributed by atoms with Crippen LogP contribution in [0, 0.1) is 38.8 Å². The lowest BCUT2D eigenvalue weighted by Crippen LogP contribution is -2.47. The topological polar surface area (TPSA) is 203 Å². The van der Waals surface area contributed by atoms with Crippen molar-refractivity contribution in [3.63, 3.8) is 0 Å². The van der Waals surface area contributed by atoms with Crippen molar-refractivity contribution < 1.29 is 47.2 Å². The maximum atomic E-state index is 14.7. The van der Waals surface area contributed by atoms with Crippen LogP contribution in [0.4, 0.5) is 41.4 Å². The number of halogens is 2. The second kappa shape index (κ2) is 25.3. The molecule has 2 aliphatic heterocycles. The number of rotatable bonds is 11. The van der Waals surface area contributed by atoms with Crippen LogP contribution in [0.15, 0.2) is 18.3 Å². The highest BCUT2D eigenvalue weighted by Gasteiger charge is 2.32. The van der Waals surface area contributed by atoms with Crippen molar-refractivity contribution in [3.8, 4) is 0 Å². The van der Waals surface area contributed by atoms with E-state index in [0.29, 0.717) is 51.9 Å². The first-order valence-corrected chi connectivity index (χ1v) is 20.7. The number of carbonyl (C=O) groups is 2. The summed E-state index contributed by atoms with van der Waals surface area (Å²) in [6.07, 6.45) is 4.66. The van der Waals surface area contributed by atoms with Gasteiger partial charge in [0.15, 0.2) is 23.3 Å². The Kier molecular flexibility index (Phi) is 22.4. The normalized spacial score (nSPS) is 14.8. The van der Waals surface area contributed by atoms with Gasteiger partial charge in [0.25, 0.3) is 11.4 Å². The van der Waals surface area contributed by atoms with Gasteiger partial charge in [-0.15, -0.1) is 0 Å². The zero-order valence-electron chi connectivity index (χ0n) is 40.0. The molecule has 0 aromatic carbocycles. The number of amides is 2. The van der Waals surface area contributed by atoms with Gasteiger partial charge in [-0.25, -0.2) is 28.3 Å². The van der Waals surface area contributed by atoms with Crippen LogP contribution in [-0.2, 0) is 18.9 Å². The number of piperidine rings is 2. The first-order chi connectivity index (χ1) is 29.6. The number of hydrogen-bond acceptors (Lipinski definition) is 16. The molecule has 368 valence electrons. The van der Waals surface area contributed by atoms with Crippen LogP contribution in [0.3, 0.4) is 0 Å². The number of pyridine rings is 2. The number of aryl methyl sites for hydroxylation is 1. The summed E-state index contributed by atoms with van der Waals surface area (Å²) in [5.74, 6) is -1.33. The molecule has 4 rings (SSSR count). The van der Waals surface area contributed by atoms with E-state index >= 15 is 0 Å². The van der Waals surface area contributed by atoms with Gasteiger partial charge in [-0.1, -0.05) is 7.43 Å². The van der Waals surface area contributed by atoms with Crippen molar-refractivity contribution >= 4 is 41.3 Å². The van der Waals surface area contributed by atoms with Crippen LogP contribution < -0.4 is 9.80 Å². The quantitative estimate of drug-likeness (QED) is 0.121. The molecule has 0 N–H and O–H groups in total. The third-order valence-electron chi connectivity index (χ3n) is 9.83. The van der Waals surface area contributed by atoms with E-state index in [-0.39, 0.29) is 72.5 Å². The lowest BCUT2D eigenvalue weighted by molar-refractivity contribution is -0.385. The number of hydrogen-bond donors (Lipinski definition) is 0. The minimum absolute atomic E-state index is 0. The molecule has 0 unspecified atom stereocenters. The standard InChI is InChI=1S/C20H30FN5O4.C17H25FN4O4.C5H13NO2.CH4/c1-20(2,3)30-19(27)25-11-7-14(8-12-25)24(6)18-15(21)13-17(26(28)29)16(22-18)9-10-23(4)5;1-11-14(22(24)25)10-13(18)15(19-11)20(5)12-6-8-21(9-7-12)16(23)26-17(2,3)4;1-6(2)5(7-3)8-4;/h9-10,13-14H,7-8,11-12H2,1-6H3;10,12H,6-9H2,1-5H3;5H,1-4H3;1H4/b10-9+;;;. The molecule has 2 fully saturated rings. The predicted molar refractivity (Wildman–Crippen MR) is 246 cm³/mol. The summed E-state index contributed by atoms with van der Waals surface area (Å²) in [5.41, 5.74) is -1.57. The maximum Gasteiger partial charge on any atom is 0.410 e. The first kappa shape index (κ1) is 57.5. The van der Waals surface area contributed by atoms with Gasteiger partial charge >= 0.3 is 12.2 Å². The Labute approximate surface area is 382 Å². The Morgan fingerprint density at radius 2 is 1.11 bits per heavy atom. The zero-order valence-corrected chi connectivity index (χ0v) is 40.0. The van der Waals surface area contributed by atoms with Crippen molar-refractivity contribution in [2.24, 2.45) is 0 Å². The largest absolute Gasteiger partial charge is 0.444 e. The van der Waals surface area contributed by atoms with Gasteiger partial charge in [0.2, 0.25) is 6.41 Å². The van der Waals surface area contributed by atoms with E-state index in [9.17, 15) is 38.6 Å². The molecular formula is C43H72F2N10O10. The second-order valence-corrected chi connectivity index (χ2v) is 17.8. The van der Waals surface area contributed by atoms with Crippen molar-refractivity contribution in [1.82, 2.24) is 29.6 Å². The molecule has 0 aliphatic carbocycles. The highest BCUT2D eigenvalue weighted by Crippen LogP contribution is 2.30. The number of likely N-dealkylation sites (tertiary alicyclic amines) is 2. The monoisotopic (exact) mass is 927 g/mol. The Balaban J connectivity index is 0.000000553. The van der Waals surface area contributed by atoms with Crippen LogP contribution in [0.25, 0.3) is 6.08 Å². The van der Waals surface area contributed by atoms with Crippen LogP contribution in [0.2, 0.25) is 0 Å². The van der Waals surface area contributed by atoms with Gasteiger partial charge in [-0.3, -0.25) is 25.1 Å². The smallest absolute Gasteiger partial charge is 0.410 e. The molecule has 0 atom stereocenters. The fourth-order valence-corrected chi connectivity index (χ4v) is 6.60. The van der Waals surface area contributed by atoms with Gasteiger partial charge in [-0.05, 0) is 94.3 Å². The predicted octanol–water partition coefficient (Wildman–Crippen LogP) is 7.53. The van der Waals surface area contributed by atoms with Crippen molar-refractivity contribution in [3.05, 3.63) is 61.6 Å². The second-order valence-electron chi connectivity index (χ2n) is 17.8. The van der Waals surface area contributed by atoms with Crippen molar-refractivity contribution in [2.45, 2.75) is 111 Å². The van der Waals surface area contributed by atoms with E-state index in [2.05, 4.69) is 9.97 Å². The fraction of sp³-hybridized carbons (Fsp3) is 0.674. The first-order valence-electron chi connectivity index (χ1n) is 20.7. The van der Waals surface area contributed by atoms with E-state index in [1.54, 1.807) is 73.1 Å². The Hall–Kier alpha value is -5.48. The summed E-state index contributed by atoms with van der Waals surface area (Å²) in [6.45, 7) is 14.3. The molecular weight excluding hydrogens is 855 g/mol. The molecule has 0 radical (unpaired) electrons. The minimum Gasteiger partial charge on any atom is -0.444 e. The lowest BCUT2D eigenvalue weighted by Gasteiger charge is -2.37. The number of methoxy groups -OCH3 is 2. The van der Waals surface area contributed by atoms with Crippen LogP contribution >= 0.6 is 0 Å². The number of carbonyl (C=O) groups excluding carboxylic acids is 2. The van der Waals surface area contributed by atoms with Crippen LogP contribution in [0.1, 0.15) is 86.0 Å². The molecule has 65 heavy (non-hydrogen) atoms. The molecule has 2 aliphatic rings. The van der Waals surface area contributed by atoms with Crippen molar-refractivity contribution in [2.75, 3.05) is 92.5 Å². The van der Waals surface area contributed by atoms with E-state index in [1.807, 2.05) is 60.5 Å². The minimum atomic E-state index is -0.749. The highest BCUT2D eigenvalue weighted by molar-refractivity contribution is 5.69. The fourth-order valence-electron chi connectivity index (χ4n) is 6.60. The Morgan fingerprint density at radius 3 is 1.42 bits per heavy atom. The molecule has 0 bridgehead atoms. The van der Waals surface area contributed by atoms with Crippen LogP contribution in [-0.4, -0.2) is 164 Å². The average Bonchev–Trinajstić information content (AvgIpc) is 3.20. The van der Waals surface area contributed by atoms with Gasteiger partial charge in [0.1, 0.15) is 22.6 Å². The summed E-state index contributed by atoms with van der Waals surface area (Å²) in [5, 5.41) is 22.2. The number of anilines is 2.